The Hall–Kier alpha value is -1.39. The maximum absolute atomic E-state index is 11.5. The Balaban J connectivity index is 1.90. The molecule has 3 nitrogen and oxygen atoms in total. The fourth-order valence-corrected chi connectivity index (χ4v) is 4.18. The molecule has 0 amide bonds. The first-order valence-corrected chi connectivity index (χ1v) is 8.53. The minimum absolute atomic E-state index is 0.512. The van der Waals surface area contributed by atoms with Gasteiger partial charge in [-0.3, -0.25) is 4.90 Å². The molecule has 1 N–H and O–H groups in total. The average Bonchev–Trinajstić information content (AvgIpc) is 2.81. The highest BCUT2D eigenvalue weighted by molar-refractivity contribution is 7.21. The van der Waals surface area contributed by atoms with Gasteiger partial charge in [-0.1, -0.05) is 37.5 Å². The Morgan fingerprint density at radius 1 is 1.10 bits per heavy atom. The van der Waals surface area contributed by atoms with Gasteiger partial charge in [-0.2, -0.15) is 0 Å². The van der Waals surface area contributed by atoms with E-state index in [4.69, 9.17) is 0 Å². The van der Waals surface area contributed by atoms with Crippen molar-refractivity contribution in [3.8, 4) is 0 Å². The molecule has 0 bridgehead atoms. The number of thiophene rings is 1. The Morgan fingerprint density at radius 2 is 1.76 bits per heavy atom. The monoisotopic (exact) mass is 303 g/mol. The summed E-state index contributed by atoms with van der Waals surface area (Å²) in [5, 5.41) is 10.6. The second kappa shape index (κ2) is 6.58. The van der Waals surface area contributed by atoms with Crippen molar-refractivity contribution < 1.29 is 9.90 Å². The van der Waals surface area contributed by atoms with Gasteiger partial charge >= 0.3 is 5.97 Å². The summed E-state index contributed by atoms with van der Waals surface area (Å²) in [7, 11) is 0. The summed E-state index contributed by atoms with van der Waals surface area (Å²) >= 11 is 1.40. The SMILES string of the molecule is O=C(O)c1sc2ccccc2c1CN1CCCCCCC1. The molecule has 1 fully saturated rings. The van der Waals surface area contributed by atoms with Crippen LogP contribution >= 0.6 is 11.3 Å². The number of carboxylic acids is 1. The van der Waals surface area contributed by atoms with E-state index >= 15 is 0 Å². The highest BCUT2D eigenvalue weighted by Gasteiger charge is 2.20. The van der Waals surface area contributed by atoms with E-state index in [-0.39, 0.29) is 0 Å². The van der Waals surface area contributed by atoms with Gasteiger partial charge in [0.05, 0.1) is 0 Å². The summed E-state index contributed by atoms with van der Waals surface area (Å²) in [6.45, 7) is 2.94. The largest absolute Gasteiger partial charge is 0.477 e. The summed E-state index contributed by atoms with van der Waals surface area (Å²) in [5.41, 5.74) is 1.00. The number of hydrogen-bond acceptors (Lipinski definition) is 3. The maximum Gasteiger partial charge on any atom is 0.346 e. The molecule has 1 aliphatic rings. The molecule has 3 rings (SSSR count). The van der Waals surface area contributed by atoms with Gasteiger partial charge in [0.2, 0.25) is 0 Å². The van der Waals surface area contributed by atoms with Gasteiger partial charge in [-0.05, 0) is 42.9 Å². The molecular weight excluding hydrogens is 282 g/mol. The number of carbonyl (C=O) groups is 1. The van der Waals surface area contributed by atoms with E-state index in [9.17, 15) is 9.90 Å². The smallest absolute Gasteiger partial charge is 0.346 e. The minimum Gasteiger partial charge on any atom is -0.477 e. The third-order valence-electron chi connectivity index (χ3n) is 4.22. The van der Waals surface area contributed by atoms with Crippen molar-refractivity contribution in [2.75, 3.05) is 13.1 Å². The zero-order valence-electron chi connectivity index (χ0n) is 12.2. The molecule has 1 aromatic carbocycles. The molecule has 0 atom stereocenters. The number of likely N-dealkylation sites (tertiary alicyclic amines) is 1. The molecule has 112 valence electrons. The van der Waals surface area contributed by atoms with Crippen LogP contribution in [0.3, 0.4) is 0 Å². The zero-order valence-corrected chi connectivity index (χ0v) is 13.0. The lowest BCUT2D eigenvalue weighted by atomic mass is 10.1. The van der Waals surface area contributed by atoms with Gasteiger partial charge in [-0.15, -0.1) is 11.3 Å². The number of rotatable bonds is 3. The van der Waals surface area contributed by atoms with Crippen molar-refractivity contribution in [1.82, 2.24) is 4.90 Å². The number of carboxylic acid groups (broad SMARTS) is 1. The van der Waals surface area contributed by atoms with Crippen molar-refractivity contribution in [2.24, 2.45) is 0 Å². The first-order chi connectivity index (χ1) is 10.3. The van der Waals surface area contributed by atoms with Crippen LogP contribution in [-0.4, -0.2) is 29.1 Å². The van der Waals surface area contributed by atoms with Gasteiger partial charge in [0, 0.05) is 11.2 Å². The number of aromatic carboxylic acids is 1. The summed E-state index contributed by atoms with van der Waals surface area (Å²) < 4.78 is 1.08. The summed E-state index contributed by atoms with van der Waals surface area (Å²) in [6, 6.07) is 8.04. The maximum atomic E-state index is 11.5. The first kappa shape index (κ1) is 14.5. The van der Waals surface area contributed by atoms with Crippen LogP contribution in [-0.2, 0) is 6.54 Å². The molecule has 2 heterocycles. The quantitative estimate of drug-likeness (QED) is 0.915. The van der Waals surface area contributed by atoms with E-state index in [1.54, 1.807) is 0 Å². The van der Waals surface area contributed by atoms with Gasteiger partial charge in [-0.25, -0.2) is 4.79 Å². The molecular formula is C17H21NO2S. The zero-order chi connectivity index (χ0) is 14.7. The molecule has 2 aromatic rings. The Bertz CT molecular complexity index is 627. The Kier molecular flexibility index (Phi) is 4.56. The number of nitrogens with zero attached hydrogens (tertiary/aromatic N) is 1. The summed E-state index contributed by atoms with van der Waals surface area (Å²) in [6.07, 6.45) is 6.39. The lowest BCUT2D eigenvalue weighted by Crippen LogP contribution is -2.27. The topological polar surface area (TPSA) is 40.5 Å². The van der Waals surface area contributed by atoms with Crippen molar-refractivity contribution in [3.63, 3.8) is 0 Å². The molecule has 0 spiro atoms. The molecule has 21 heavy (non-hydrogen) atoms. The van der Waals surface area contributed by atoms with E-state index in [2.05, 4.69) is 11.0 Å². The number of hydrogen-bond donors (Lipinski definition) is 1. The van der Waals surface area contributed by atoms with Crippen LogP contribution in [0.15, 0.2) is 24.3 Å². The fourth-order valence-electron chi connectivity index (χ4n) is 3.12. The van der Waals surface area contributed by atoms with E-state index in [0.717, 1.165) is 35.3 Å². The van der Waals surface area contributed by atoms with Crippen molar-refractivity contribution in [1.29, 1.82) is 0 Å². The van der Waals surface area contributed by atoms with Crippen LogP contribution in [0.4, 0.5) is 0 Å². The lowest BCUT2D eigenvalue weighted by Gasteiger charge is -2.24. The fraction of sp³-hybridized carbons (Fsp3) is 0.471. The second-order valence-corrected chi connectivity index (χ2v) is 6.81. The normalized spacial score (nSPS) is 17.5. The third-order valence-corrected chi connectivity index (χ3v) is 5.42. The van der Waals surface area contributed by atoms with Crippen LogP contribution in [0.5, 0.6) is 0 Å². The second-order valence-electron chi connectivity index (χ2n) is 5.75. The van der Waals surface area contributed by atoms with Crippen LogP contribution in [0.2, 0.25) is 0 Å². The van der Waals surface area contributed by atoms with Gasteiger partial charge in [0.1, 0.15) is 4.88 Å². The van der Waals surface area contributed by atoms with E-state index in [1.807, 2.05) is 18.2 Å². The van der Waals surface area contributed by atoms with Crippen LogP contribution in [0.25, 0.3) is 10.1 Å². The van der Waals surface area contributed by atoms with Gasteiger partial charge in [0.15, 0.2) is 0 Å². The van der Waals surface area contributed by atoms with Crippen LogP contribution < -0.4 is 0 Å². The Morgan fingerprint density at radius 3 is 2.48 bits per heavy atom. The predicted octanol–water partition coefficient (Wildman–Crippen LogP) is 4.37. The number of fused-ring (bicyclic) bond motifs is 1. The van der Waals surface area contributed by atoms with Crippen molar-refractivity contribution in [3.05, 3.63) is 34.7 Å². The van der Waals surface area contributed by atoms with E-state index in [1.165, 1.54) is 43.4 Å². The van der Waals surface area contributed by atoms with Crippen LogP contribution in [0, 0.1) is 0 Å². The van der Waals surface area contributed by atoms with Crippen molar-refractivity contribution >= 4 is 27.4 Å². The minimum atomic E-state index is -0.793. The van der Waals surface area contributed by atoms with Crippen LogP contribution in [0.1, 0.15) is 47.3 Å². The number of benzene rings is 1. The van der Waals surface area contributed by atoms with Crippen molar-refractivity contribution in [2.45, 2.75) is 38.6 Å². The lowest BCUT2D eigenvalue weighted by molar-refractivity contribution is 0.0700. The average molecular weight is 303 g/mol. The molecule has 0 aliphatic carbocycles. The molecule has 0 unspecified atom stereocenters. The van der Waals surface area contributed by atoms with E-state index in [0.29, 0.717) is 4.88 Å². The molecule has 1 aliphatic heterocycles. The first-order valence-electron chi connectivity index (χ1n) is 7.72. The molecule has 0 saturated carbocycles. The highest BCUT2D eigenvalue weighted by atomic mass is 32.1. The van der Waals surface area contributed by atoms with Gasteiger partial charge in [0.25, 0.3) is 0 Å². The highest BCUT2D eigenvalue weighted by Crippen LogP contribution is 2.32. The molecule has 0 radical (unpaired) electrons. The Labute approximate surface area is 129 Å². The van der Waals surface area contributed by atoms with E-state index < -0.39 is 5.97 Å². The molecule has 1 saturated heterocycles. The summed E-state index contributed by atoms with van der Waals surface area (Å²) in [4.78, 5) is 14.5. The standard InChI is InChI=1S/C17H21NO2S/c19-17(20)16-14(13-8-4-5-9-15(13)21-16)12-18-10-6-2-1-3-7-11-18/h4-5,8-9H,1-3,6-7,10-12H2,(H,19,20). The third kappa shape index (κ3) is 3.27. The predicted molar refractivity (Wildman–Crippen MR) is 87.1 cm³/mol. The summed E-state index contributed by atoms with van der Waals surface area (Å²) in [5.74, 6) is -0.793. The van der Waals surface area contributed by atoms with Gasteiger partial charge < -0.3 is 5.11 Å². The molecule has 1 aromatic heterocycles. The molecule has 4 heteroatoms.